The van der Waals surface area contributed by atoms with Crippen molar-refractivity contribution in [2.75, 3.05) is 18.0 Å². The van der Waals surface area contributed by atoms with E-state index < -0.39 is 0 Å². The third kappa shape index (κ3) is 6.69. The summed E-state index contributed by atoms with van der Waals surface area (Å²) in [4.78, 5) is 7.26. The van der Waals surface area contributed by atoms with Gasteiger partial charge in [0.05, 0.1) is 0 Å². The molecule has 0 aromatic carbocycles. The maximum atomic E-state index is 6.04. The Morgan fingerprint density at radius 3 is 2.05 bits per heavy atom. The molecular weight excluding hydrogens is 280 g/mol. The summed E-state index contributed by atoms with van der Waals surface area (Å²) < 4.78 is 0. The van der Waals surface area contributed by atoms with Crippen LogP contribution in [-0.4, -0.2) is 18.1 Å². The zero-order chi connectivity index (χ0) is 15.8. The van der Waals surface area contributed by atoms with Crippen LogP contribution in [0.4, 0.5) is 5.82 Å². The summed E-state index contributed by atoms with van der Waals surface area (Å²) in [6.07, 6.45) is 3.36. The highest BCUT2D eigenvalue weighted by atomic mass is 35.5. The van der Waals surface area contributed by atoms with E-state index in [1.807, 2.05) is 0 Å². The lowest BCUT2D eigenvalue weighted by Gasteiger charge is -2.26. The Kier molecular flexibility index (Phi) is 8.10. The number of pyridine rings is 1. The lowest BCUT2D eigenvalue weighted by atomic mass is 10.1. The quantitative estimate of drug-likeness (QED) is 0.577. The first-order valence-corrected chi connectivity index (χ1v) is 8.80. The number of aromatic nitrogens is 1. The molecule has 2 nitrogen and oxygen atoms in total. The largest absolute Gasteiger partial charge is 0.357 e. The molecule has 0 atom stereocenters. The van der Waals surface area contributed by atoms with Gasteiger partial charge in [-0.1, -0.05) is 34.6 Å². The molecule has 0 aliphatic heterocycles. The van der Waals surface area contributed by atoms with Crippen molar-refractivity contribution in [2.24, 2.45) is 11.8 Å². The average Bonchev–Trinajstić information content (AvgIpc) is 2.46. The highest BCUT2D eigenvalue weighted by Crippen LogP contribution is 2.19. The summed E-state index contributed by atoms with van der Waals surface area (Å²) in [6.45, 7) is 13.4. The molecule has 0 aliphatic rings. The Bertz CT molecular complexity index is 381. The third-order valence-electron chi connectivity index (χ3n) is 3.72. The van der Waals surface area contributed by atoms with Gasteiger partial charge in [0.2, 0.25) is 0 Å². The second kappa shape index (κ2) is 9.30. The van der Waals surface area contributed by atoms with Gasteiger partial charge in [-0.2, -0.15) is 0 Å². The second-order valence-electron chi connectivity index (χ2n) is 6.66. The molecule has 21 heavy (non-hydrogen) atoms. The van der Waals surface area contributed by atoms with Crippen LogP contribution < -0.4 is 4.90 Å². The van der Waals surface area contributed by atoms with E-state index in [9.17, 15) is 0 Å². The number of halogens is 1. The molecule has 0 radical (unpaired) electrons. The van der Waals surface area contributed by atoms with Crippen LogP contribution in [0.5, 0.6) is 0 Å². The fourth-order valence-corrected chi connectivity index (χ4v) is 2.38. The molecule has 0 saturated carbocycles. The Balaban J connectivity index is 2.93. The number of rotatable bonds is 9. The first-order valence-electron chi connectivity index (χ1n) is 8.27. The van der Waals surface area contributed by atoms with E-state index in [4.69, 9.17) is 16.6 Å². The van der Waals surface area contributed by atoms with Crippen molar-refractivity contribution in [2.45, 2.75) is 59.8 Å². The molecule has 0 bridgehead atoms. The number of aryl methyl sites for hydroxylation is 1. The molecular formula is C18H31ClN2. The van der Waals surface area contributed by atoms with Gasteiger partial charge < -0.3 is 4.90 Å². The number of hydrogen-bond acceptors (Lipinski definition) is 2. The number of alkyl halides is 1. The summed E-state index contributed by atoms with van der Waals surface area (Å²) in [5, 5.41) is 0. The number of nitrogens with zero attached hydrogens (tertiary/aromatic N) is 2. The van der Waals surface area contributed by atoms with E-state index in [0.717, 1.165) is 31.0 Å². The van der Waals surface area contributed by atoms with Crippen LogP contribution in [-0.2, 0) is 12.3 Å². The van der Waals surface area contributed by atoms with Crippen LogP contribution in [0.2, 0.25) is 0 Å². The van der Waals surface area contributed by atoms with Crippen LogP contribution in [0.1, 0.15) is 58.7 Å². The maximum Gasteiger partial charge on any atom is 0.129 e. The monoisotopic (exact) mass is 310 g/mol. The number of hydrogen-bond donors (Lipinski definition) is 0. The molecule has 1 heterocycles. The molecule has 0 spiro atoms. The first kappa shape index (κ1) is 18.3. The third-order valence-corrected chi connectivity index (χ3v) is 4.03. The standard InChI is InChI=1S/C18H31ClN2/c1-6-17-11-16(13-19)12-18(20-17)21(9-7-14(2)3)10-8-15(4)5/h11-12,14-15H,6-10,13H2,1-5H3. The van der Waals surface area contributed by atoms with Crippen molar-refractivity contribution < 1.29 is 0 Å². The minimum atomic E-state index is 0.560. The minimum absolute atomic E-state index is 0.560. The van der Waals surface area contributed by atoms with E-state index >= 15 is 0 Å². The summed E-state index contributed by atoms with van der Waals surface area (Å²) in [5.74, 6) is 3.10. The molecule has 0 N–H and O–H groups in total. The van der Waals surface area contributed by atoms with E-state index in [1.165, 1.54) is 18.4 Å². The van der Waals surface area contributed by atoms with Gasteiger partial charge in [-0.25, -0.2) is 4.98 Å². The minimum Gasteiger partial charge on any atom is -0.357 e. The molecule has 0 fully saturated rings. The van der Waals surface area contributed by atoms with E-state index in [0.29, 0.717) is 17.7 Å². The highest BCUT2D eigenvalue weighted by Gasteiger charge is 2.12. The fourth-order valence-electron chi connectivity index (χ4n) is 2.22. The normalized spacial score (nSPS) is 11.4. The highest BCUT2D eigenvalue weighted by molar-refractivity contribution is 6.17. The molecule has 0 aliphatic carbocycles. The summed E-state index contributed by atoms with van der Waals surface area (Å²) >= 11 is 6.04. The van der Waals surface area contributed by atoms with Gasteiger partial charge in [-0.15, -0.1) is 11.6 Å². The van der Waals surface area contributed by atoms with Gasteiger partial charge in [-0.3, -0.25) is 0 Å². The second-order valence-corrected chi connectivity index (χ2v) is 6.93. The van der Waals surface area contributed by atoms with Gasteiger partial charge in [0.1, 0.15) is 5.82 Å². The lowest BCUT2D eigenvalue weighted by Crippen LogP contribution is -2.28. The molecule has 1 aromatic rings. The maximum absolute atomic E-state index is 6.04. The van der Waals surface area contributed by atoms with Crippen molar-refractivity contribution in [1.29, 1.82) is 0 Å². The SMILES string of the molecule is CCc1cc(CCl)cc(N(CCC(C)C)CCC(C)C)n1. The van der Waals surface area contributed by atoms with Gasteiger partial charge in [-0.05, 0) is 48.8 Å². The van der Waals surface area contributed by atoms with Crippen molar-refractivity contribution >= 4 is 17.4 Å². The Morgan fingerprint density at radius 1 is 1.05 bits per heavy atom. The van der Waals surface area contributed by atoms with Gasteiger partial charge in [0.15, 0.2) is 0 Å². The summed E-state index contributed by atoms with van der Waals surface area (Å²) in [6, 6.07) is 4.28. The average molecular weight is 311 g/mol. The lowest BCUT2D eigenvalue weighted by molar-refractivity contribution is 0.532. The molecule has 0 amide bonds. The Labute approximate surface area is 135 Å². The smallest absolute Gasteiger partial charge is 0.129 e. The van der Waals surface area contributed by atoms with Crippen molar-refractivity contribution in [3.05, 3.63) is 23.4 Å². The van der Waals surface area contributed by atoms with Crippen LogP contribution in [0.3, 0.4) is 0 Å². The molecule has 0 unspecified atom stereocenters. The zero-order valence-corrected chi connectivity index (χ0v) is 15.1. The first-order chi connectivity index (χ1) is 9.96. The van der Waals surface area contributed by atoms with Crippen LogP contribution >= 0.6 is 11.6 Å². The van der Waals surface area contributed by atoms with Gasteiger partial charge >= 0.3 is 0 Å². The predicted molar refractivity (Wildman–Crippen MR) is 94.3 cm³/mol. The molecule has 120 valence electrons. The summed E-state index contributed by atoms with van der Waals surface area (Å²) in [5.41, 5.74) is 2.32. The van der Waals surface area contributed by atoms with Crippen LogP contribution in [0, 0.1) is 11.8 Å². The van der Waals surface area contributed by atoms with Crippen LogP contribution in [0.15, 0.2) is 12.1 Å². The Morgan fingerprint density at radius 2 is 1.62 bits per heavy atom. The van der Waals surface area contributed by atoms with E-state index in [1.54, 1.807) is 0 Å². The predicted octanol–water partition coefficient (Wildman–Crippen LogP) is 5.28. The fraction of sp³-hybridized carbons (Fsp3) is 0.722. The molecule has 1 aromatic heterocycles. The Hall–Kier alpha value is -0.760. The van der Waals surface area contributed by atoms with Crippen LogP contribution in [0.25, 0.3) is 0 Å². The van der Waals surface area contributed by atoms with Crippen molar-refractivity contribution in [1.82, 2.24) is 4.98 Å². The summed E-state index contributed by atoms with van der Waals surface area (Å²) in [7, 11) is 0. The zero-order valence-electron chi connectivity index (χ0n) is 14.3. The van der Waals surface area contributed by atoms with E-state index in [-0.39, 0.29) is 0 Å². The number of anilines is 1. The van der Waals surface area contributed by atoms with Gasteiger partial charge in [0.25, 0.3) is 0 Å². The van der Waals surface area contributed by atoms with Gasteiger partial charge in [0, 0.05) is 24.7 Å². The molecule has 1 rings (SSSR count). The van der Waals surface area contributed by atoms with Crippen molar-refractivity contribution in [3.63, 3.8) is 0 Å². The van der Waals surface area contributed by atoms with Crippen molar-refractivity contribution in [3.8, 4) is 0 Å². The topological polar surface area (TPSA) is 16.1 Å². The molecule has 3 heteroatoms. The van der Waals surface area contributed by atoms with E-state index in [2.05, 4.69) is 51.7 Å². The molecule has 0 saturated heterocycles.